The van der Waals surface area contributed by atoms with E-state index in [-0.39, 0.29) is 30.3 Å². The van der Waals surface area contributed by atoms with E-state index in [2.05, 4.69) is 20.0 Å². The molecule has 168 valence electrons. The predicted octanol–water partition coefficient (Wildman–Crippen LogP) is 4.99. The molecule has 0 bridgehead atoms. The molecule has 0 unspecified atom stereocenters. The normalized spacial score (nSPS) is 12.8. The molecule has 0 spiro atoms. The molecule has 0 aliphatic rings. The number of alkyl halides is 3. The van der Waals surface area contributed by atoms with Gasteiger partial charge in [-0.1, -0.05) is 49.3 Å². The Labute approximate surface area is 183 Å². The molecular weight excluding hydrogens is 423 g/mol. The van der Waals surface area contributed by atoms with Crippen molar-refractivity contribution in [1.82, 2.24) is 15.5 Å². The van der Waals surface area contributed by atoms with Crippen LogP contribution in [0.25, 0.3) is 17.5 Å². The summed E-state index contributed by atoms with van der Waals surface area (Å²) in [6, 6.07) is 15.5. The molecule has 0 radical (unpaired) electrons. The third kappa shape index (κ3) is 6.44. The lowest BCUT2D eigenvalue weighted by atomic mass is 10.1. The number of hydrogen-bond acceptors (Lipinski definition) is 5. The summed E-state index contributed by atoms with van der Waals surface area (Å²) in [5.41, 5.74) is 1.28. The molecule has 32 heavy (non-hydrogen) atoms. The highest BCUT2D eigenvalue weighted by molar-refractivity contribution is 5.91. The molecule has 0 saturated carbocycles. The first-order valence-corrected chi connectivity index (χ1v) is 9.90. The highest BCUT2D eigenvalue weighted by Crippen LogP contribution is 2.29. The van der Waals surface area contributed by atoms with Crippen molar-refractivity contribution in [2.45, 2.75) is 26.1 Å². The van der Waals surface area contributed by atoms with E-state index in [0.717, 1.165) is 5.56 Å². The number of benzene rings is 2. The average Bonchev–Trinajstić information content (AvgIpc) is 3.27. The number of rotatable bonds is 8. The highest BCUT2D eigenvalue weighted by atomic mass is 19.4. The van der Waals surface area contributed by atoms with Crippen LogP contribution in [0.2, 0.25) is 0 Å². The summed E-state index contributed by atoms with van der Waals surface area (Å²) in [5.74, 6) is -1.19. The van der Waals surface area contributed by atoms with Gasteiger partial charge in [-0.25, -0.2) is 0 Å². The van der Waals surface area contributed by atoms with Gasteiger partial charge in [0.25, 0.3) is 0 Å². The van der Waals surface area contributed by atoms with Gasteiger partial charge in [-0.15, -0.1) is 0 Å². The Morgan fingerprint density at radius 1 is 1.12 bits per heavy atom. The molecule has 1 aromatic heterocycles. The summed E-state index contributed by atoms with van der Waals surface area (Å²) >= 11 is 0. The summed E-state index contributed by atoms with van der Waals surface area (Å²) in [7, 11) is 0. The molecule has 0 aliphatic carbocycles. The summed E-state index contributed by atoms with van der Waals surface area (Å²) in [5, 5.41) is 6.27. The fraction of sp³-hybridized carbons (Fsp3) is 0.261. The molecule has 1 heterocycles. The maximum Gasteiger partial charge on any atom is 0.471 e. The van der Waals surface area contributed by atoms with E-state index in [1.54, 1.807) is 18.2 Å². The molecule has 0 fully saturated rings. The minimum absolute atomic E-state index is 0.114. The molecule has 1 N–H and O–H groups in total. The number of amides is 1. The lowest BCUT2D eigenvalue weighted by molar-refractivity contribution is -0.159. The van der Waals surface area contributed by atoms with Crippen LogP contribution >= 0.6 is 0 Å². The first kappa shape index (κ1) is 23.1. The second-order valence-corrected chi connectivity index (χ2v) is 7.36. The van der Waals surface area contributed by atoms with Crippen molar-refractivity contribution in [2.75, 3.05) is 6.61 Å². The Bertz CT molecular complexity index is 1050. The van der Waals surface area contributed by atoms with Crippen LogP contribution in [0, 0.1) is 5.92 Å². The number of carbonyl (C=O) groups is 1. The largest absolute Gasteiger partial charge is 0.491 e. The Kier molecular flexibility index (Phi) is 7.29. The lowest BCUT2D eigenvalue weighted by Crippen LogP contribution is -2.42. The van der Waals surface area contributed by atoms with Crippen LogP contribution in [0.15, 0.2) is 65.2 Å². The Morgan fingerprint density at radius 2 is 1.81 bits per heavy atom. The number of hydrogen-bond donors (Lipinski definition) is 1. The standard InChI is InChI=1S/C23H22F3N3O3/c1-15(2)19(27-20(30)13-8-16-6-4-3-5-7-16)14-31-18-11-9-17(10-12-18)21-28-22(32-29-21)23(24,25)26/h3-13,15,19H,14H2,1-2H3,(H,27,30)/b13-8+/t19-/m0/s1. The minimum Gasteiger partial charge on any atom is -0.491 e. The van der Waals surface area contributed by atoms with Gasteiger partial charge in [-0.3, -0.25) is 4.79 Å². The number of halogens is 3. The molecule has 3 aromatic rings. The molecular formula is C23H22F3N3O3. The fourth-order valence-electron chi connectivity index (χ4n) is 2.71. The Balaban J connectivity index is 1.57. The van der Waals surface area contributed by atoms with E-state index >= 15 is 0 Å². The molecule has 6 nitrogen and oxygen atoms in total. The summed E-state index contributed by atoms with van der Waals surface area (Å²) in [6.45, 7) is 4.15. The summed E-state index contributed by atoms with van der Waals surface area (Å²) in [6.07, 6.45) is -1.49. The number of carbonyl (C=O) groups excluding carboxylic acids is 1. The average molecular weight is 445 g/mol. The molecule has 2 aromatic carbocycles. The third-order valence-electron chi connectivity index (χ3n) is 4.57. The molecule has 1 amide bonds. The van der Waals surface area contributed by atoms with Crippen LogP contribution in [-0.4, -0.2) is 28.7 Å². The lowest BCUT2D eigenvalue weighted by Gasteiger charge is -2.22. The van der Waals surface area contributed by atoms with Gasteiger partial charge < -0.3 is 14.6 Å². The third-order valence-corrected chi connectivity index (χ3v) is 4.57. The topological polar surface area (TPSA) is 77.2 Å². The van der Waals surface area contributed by atoms with E-state index < -0.39 is 12.1 Å². The number of nitrogens with one attached hydrogen (secondary N) is 1. The number of aromatic nitrogens is 2. The van der Waals surface area contributed by atoms with Gasteiger partial charge in [0.05, 0.1) is 6.04 Å². The van der Waals surface area contributed by atoms with Crippen LogP contribution in [0.1, 0.15) is 25.3 Å². The van der Waals surface area contributed by atoms with Crippen molar-refractivity contribution in [1.29, 1.82) is 0 Å². The maximum absolute atomic E-state index is 12.6. The minimum atomic E-state index is -4.69. The molecule has 1 atom stereocenters. The second-order valence-electron chi connectivity index (χ2n) is 7.36. The van der Waals surface area contributed by atoms with E-state index in [1.165, 1.54) is 18.2 Å². The van der Waals surface area contributed by atoms with Gasteiger partial charge in [-0.05, 0) is 41.8 Å². The van der Waals surface area contributed by atoms with Crippen molar-refractivity contribution < 1.29 is 27.2 Å². The summed E-state index contributed by atoms with van der Waals surface area (Å²) in [4.78, 5) is 15.6. The predicted molar refractivity (Wildman–Crippen MR) is 112 cm³/mol. The Hall–Kier alpha value is -3.62. The van der Waals surface area contributed by atoms with Crippen molar-refractivity contribution in [3.8, 4) is 17.1 Å². The Morgan fingerprint density at radius 3 is 2.41 bits per heavy atom. The smallest absolute Gasteiger partial charge is 0.471 e. The van der Waals surface area contributed by atoms with Gasteiger partial charge in [0.15, 0.2) is 0 Å². The van der Waals surface area contributed by atoms with Crippen LogP contribution in [0.3, 0.4) is 0 Å². The number of nitrogens with zero attached hydrogens (tertiary/aromatic N) is 2. The van der Waals surface area contributed by atoms with Crippen molar-refractivity contribution in [3.63, 3.8) is 0 Å². The zero-order chi connectivity index (χ0) is 23.1. The van der Waals surface area contributed by atoms with E-state index in [1.807, 2.05) is 44.2 Å². The van der Waals surface area contributed by atoms with Crippen LogP contribution in [0.5, 0.6) is 5.75 Å². The van der Waals surface area contributed by atoms with Gasteiger partial charge >= 0.3 is 12.1 Å². The molecule has 0 saturated heterocycles. The van der Waals surface area contributed by atoms with E-state index in [9.17, 15) is 18.0 Å². The first-order valence-electron chi connectivity index (χ1n) is 9.90. The van der Waals surface area contributed by atoms with E-state index in [0.29, 0.717) is 11.3 Å². The van der Waals surface area contributed by atoms with E-state index in [4.69, 9.17) is 4.74 Å². The zero-order valence-electron chi connectivity index (χ0n) is 17.5. The van der Waals surface area contributed by atoms with Gasteiger partial charge in [0.2, 0.25) is 11.7 Å². The molecule has 0 aliphatic heterocycles. The fourth-order valence-corrected chi connectivity index (χ4v) is 2.71. The van der Waals surface area contributed by atoms with Crippen molar-refractivity contribution in [3.05, 3.63) is 72.1 Å². The van der Waals surface area contributed by atoms with Gasteiger partial charge in [-0.2, -0.15) is 18.2 Å². The maximum atomic E-state index is 12.6. The van der Waals surface area contributed by atoms with Crippen LogP contribution in [0.4, 0.5) is 13.2 Å². The van der Waals surface area contributed by atoms with Crippen molar-refractivity contribution in [2.24, 2.45) is 5.92 Å². The number of ether oxygens (including phenoxy) is 1. The highest BCUT2D eigenvalue weighted by Gasteiger charge is 2.38. The summed E-state index contributed by atoms with van der Waals surface area (Å²) < 4.78 is 47.8. The van der Waals surface area contributed by atoms with Crippen LogP contribution < -0.4 is 10.1 Å². The first-order chi connectivity index (χ1) is 15.2. The second kappa shape index (κ2) is 10.1. The zero-order valence-corrected chi connectivity index (χ0v) is 17.5. The van der Waals surface area contributed by atoms with Gasteiger partial charge in [0.1, 0.15) is 12.4 Å². The van der Waals surface area contributed by atoms with Gasteiger partial charge in [0, 0.05) is 11.6 Å². The van der Waals surface area contributed by atoms with Crippen LogP contribution in [-0.2, 0) is 11.0 Å². The van der Waals surface area contributed by atoms with Crippen molar-refractivity contribution >= 4 is 12.0 Å². The molecule has 9 heteroatoms. The quantitative estimate of drug-likeness (QED) is 0.495. The molecule has 3 rings (SSSR count). The SMILES string of the molecule is CC(C)[C@H](COc1ccc(-c2noc(C(F)(F)F)n2)cc1)NC(=O)/C=C/c1ccccc1. The monoisotopic (exact) mass is 445 g/mol.